The molecule has 90 valence electrons. The standard InChI is InChI=1S/C14H9N4O/c1-2-10-6-12-13(18(10)16-4-1)17-8-9-7-15-5-3-11(9)14(17)19-12/h1-7H,8H2/q+1. The van der Waals surface area contributed by atoms with Gasteiger partial charge in [-0.25, -0.2) is 0 Å². The van der Waals surface area contributed by atoms with E-state index >= 15 is 0 Å². The second-order valence-corrected chi connectivity index (χ2v) is 4.72. The molecule has 5 nitrogen and oxygen atoms in total. The fourth-order valence-corrected chi connectivity index (χ4v) is 2.83. The summed E-state index contributed by atoms with van der Waals surface area (Å²) in [6.45, 7) is 0.786. The Morgan fingerprint density at radius 2 is 2.26 bits per heavy atom. The van der Waals surface area contributed by atoms with E-state index < -0.39 is 0 Å². The SMILES string of the molecule is c1cnn2c(c1)cc1oc3[n+](c12)Cc1cnccc1-3. The molecule has 5 heterocycles. The molecule has 1 aliphatic rings. The number of fused-ring (bicyclic) bond motifs is 7. The van der Waals surface area contributed by atoms with E-state index in [4.69, 9.17) is 4.42 Å². The van der Waals surface area contributed by atoms with Gasteiger partial charge in [-0.15, -0.1) is 0 Å². The van der Waals surface area contributed by atoms with Gasteiger partial charge in [0.25, 0.3) is 5.89 Å². The Kier molecular flexibility index (Phi) is 1.46. The van der Waals surface area contributed by atoms with Gasteiger partial charge in [-0.1, -0.05) is 9.61 Å². The lowest BCUT2D eigenvalue weighted by atomic mass is 10.2. The molecule has 0 fully saturated rings. The second kappa shape index (κ2) is 3.00. The quantitative estimate of drug-likeness (QED) is 0.393. The molecular formula is C14H9N4O+. The molecule has 0 amide bonds. The normalized spacial score (nSPS) is 13.1. The summed E-state index contributed by atoms with van der Waals surface area (Å²) in [5.41, 5.74) is 5.23. The van der Waals surface area contributed by atoms with Crippen LogP contribution in [0.5, 0.6) is 0 Å². The Balaban J connectivity index is 1.94. The van der Waals surface area contributed by atoms with Crippen LogP contribution < -0.4 is 4.57 Å². The van der Waals surface area contributed by atoms with Crippen molar-refractivity contribution in [3.63, 3.8) is 0 Å². The number of oxazole rings is 1. The van der Waals surface area contributed by atoms with Crippen LogP contribution >= 0.6 is 0 Å². The maximum atomic E-state index is 6.00. The van der Waals surface area contributed by atoms with E-state index in [1.165, 1.54) is 5.56 Å². The Bertz CT molecular complexity index is 951. The maximum absolute atomic E-state index is 6.00. The van der Waals surface area contributed by atoms with Gasteiger partial charge < -0.3 is 4.42 Å². The third kappa shape index (κ3) is 1.03. The number of hydrogen-bond acceptors (Lipinski definition) is 3. The van der Waals surface area contributed by atoms with Gasteiger partial charge in [-0.2, -0.15) is 4.57 Å². The van der Waals surface area contributed by atoms with E-state index in [1.54, 1.807) is 12.4 Å². The molecule has 5 heteroatoms. The summed E-state index contributed by atoms with van der Waals surface area (Å²) < 4.78 is 10.1. The maximum Gasteiger partial charge on any atom is 0.354 e. The molecule has 19 heavy (non-hydrogen) atoms. The molecule has 0 saturated carbocycles. The molecule has 0 N–H and O–H groups in total. The average molecular weight is 249 g/mol. The Morgan fingerprint density at radius 1 is 1.26 bits per heavy atom. The van der Waals surface area contributed by atoms with Crippen molar-refractivity contribution in [1.29, 1.82) is 0 Å². The van der Waals surface area contributed by atoms with Gasteiger partial charge in [0.15, 0.2) is 5.52 Å². The van der Waals surface area contributed by atoms with Crippen molar-refractivity contribution >= 4 is 16.7 Å². The summed E-state index contributed by atoms with van der Waals surface area (Å²) in [6, 6.07) is 7.97. The van der Waals surface area contributed by atoms with Crippen LogP contribution in [-0.4, -0.2) is 14.6 Å². The van der Waals surface area contributed by atoms with Crippen molar-refractivity contribution in [3.05, 3.63) is 48.4 Å². The highest BCUT2D eigenvalue weighted by Gasteiger charge is 2.33. The first-order valence-electron chi connectivity index (χ1n) is 6.14. The lowest BCUT2D eigenvalue weighted by molar-refractivity contribution is -0.651. The van der Waals surface area contributed by atoms with Crippen LogP contribution in [-0.2, 0) is 6.54 Å². The third-order valence-corrected chi connectivity index (χ3v) is 3.65. The molecule has 1 aliphatic heterocycles. The molecular weight excluding hydrogens is 240 g/mol. The number of hydrogen-bond donors (Lipinski definition) is 0. The fourth-order valence-electron chi connectivity index (χ4n) is 2.83. The zero-order valence-electron chi connectivity index (χ0n) is 9.95. The van der Waals surface area contributed by atoms with E-state index in [-0.39, 0.29) is 0 Å². The summed E-state index contributed by atoms with van der Waals surface area (Å²) in [7, 11) is 0. The molecule has 5 rings (SSSR count). The van der Waals surface area contributed by atoms with Crippen molar-refractivity contribution < 1.29 is 8.98 Å². The molecule has 0 atom stereocenters. The number of aromatic nitrogens is 4. The van der Waals surface area contributed by atoms with Crippen molar-refractivity contribution in [2.24, 2.45) is 0 Å². The van der Waals surface area contributed by atoms with Crippen LogP contribution in [0.3, 0.4) is 0 Å². The van der Waals surface area contributed by atoms with Crippen molar-refractivity contribution in [2.75, 3.05) is 0 Å². The first-order chi connectivity index (χ1) is 9.42. The predicted molar refractivity (Wildman–Crippen MR) is 67.5 cm³/mol. The van der Waals surface area contributed by atoms with Gasteiger partial charge in [0.2, 0.25) is 5.58 Å². The highest BCUT2D eigenvalue weighted by molar-refractivity contribution is 5.78. The van der Waals surface area contributed by atoms with E-state index in [1.807, 2.05) is 35.0 Å². The van der Waals surface area contributed by atoms with Gasteiger partial charge in [-0.3, -0.25) is 4.98 Å². The second-order valence-electron chi connectivity index (χ2n) is 4.72. The third-order valence-electron chi connectivity index (χ3n) is 3.65. The van der Waals surface area contributed by atoms with E-state index in [0.29, 0.717) is 0 Å². The first kappa shape index (κ1) is 9.27. The molecule has 0 spiro atoms. The van der Waals surface area contributed by atoms with E-state index in [0.717, 1.165) is 34.7 Å². The van der Waals surface area contributed by atoms with Crippen LogP contribution in [0.25, 0.3) is 28.2 Å². The fraction of sp³-hybridized carbons (Fsp3) is 0.0714. The zero-order chi connectivity index (χ0) is 12.4. The van der Waals surface area contributed by atoms with Crippen LogP contribution in [0.2, 0.25) is 0 Å². The Hall–Kier alpha value is -2.69. The van der Waals surface area contributed by atoms with Gasteiger partial charge in [0.1, 0.15) is 6.54 Å². The summed E-state index contributed by atoms with van der Waals surface area (Å²) >= 11 is 0. The summed E-state index contributed by atoms with van der Waals surface area (Å²) in [6.07, 6.45) is 5.48. The molecule has 0 aromatic carbocycles. The Morgan fingerprint density at radius 3 is 3.26 bits per heavy atom. The largest absolute Gasteiger partial charge is 0.413 e. The van der Waals surface area contributed by atoms with Crippen molar-refractivity contribution in [3.8, 4) is 11.5 Å². The van der Waals surface area contributed by atoms with Crippen LogP contribution in [0.4, 0.5) is 0 Å². The smallest absolute Gasteiger partial charge is 0.354 e. The van der Waals surface area contributed by atoms with Crippen molar-refractivity contribution in [1.82, 2.24) is 14.6 Å². The number of pyridine rings is 1. The molecule has 4 aromatic rings. The zero-order valence-corrected chi connectivity index (χ0v) is 9.95. The lowest BCUT2D eigenvalue weighted by Crippen LogP contribution is -2.32. The topological polar surface area (TPSA) is 47.2 Å². The van der Waals surface area contributed by atoms with Crippen LogP contribution in [0.15, 0.2) is 47.3 Å². The molecule has 0 radical (unpaired) electrons. The van der Waals surface area contributed by atoms with Crippen molar-refractivity contribution in [2.45, 2.75) is 6.54 Å². The van der Waals surface area contributed by atoms with Gasteiger partial charge >= 0.3 is 5.65 Å². The average Bonchev–Trinajstić information content (AvgIpc) is 3.05. The monoisotopic (exact) mass is 249 g/mol. The van der Waals surface area contributed by atoms with Gasteiger partial charge in [0.05, 0.1) is 11.8 Å². The van der Waals surface area contributed by atoms with Crippen LogP contribution in [0, 0.1) is 0 Å². The minimum Gasteiger partial charge on any atom is -0.413 e. The Labute approximate surface area is 107 Å². The minimum absolute atomic E-state index is 0.786. The molecule has 0 saturated heterocycles. The molecule has 0 unspecified atom stereocenters. The van der Waals surface area contributed by atoms with Gasteiger partial charge in [0, 0.05) is 24.0 Å². The predicted octanol–water partition coefficient (Wildman–Crippen LogP) is 1.79. The van der Waals surface area contributed by atoms with Crippen LogP contribution in [0.1, 0.15) is 5.56 Å². The molecule has 0 aliphatic carbocycles. The summed E-state index contributed by atoms with van der Waals surface area (Å²) in [5, 5.41) is 4.40. The lowest BCUT2D eigenvalue weighted by Gasteiger charge is -1.90. The highest BCUT2D eigenvalue weighted by atomic mass is 16.4. The highest BCUT2D eigenvalue weighted by Crippen LogP contribution is 2.31. The first-order valence-corrected chi connectivity index (χ1v) is 6.14. The van der Waals surface area contributed by atoms with Gasteiger partial charge in [-0.05, 0) is 18.2 Å². The summed E-state index contributed by atoms with van der Waals surface area (Å²) in [5.74, 6) is 0.891. The van der Waals surface area contributed by atoms with E-state index in [2.05, 4.69) is 14.6 Å². The number of nitrogens with zero attached hydrogens (tertiary/aromatic N) is 4. The minimum atomic E-state index is 0.786. The molecule has 4 aromatic heterocycles. The number of rotatable bonds is 0. The molecule has 0 bridgehead atoms. The summed E-state index contributed by atoms with van der Waals surface area (Å²) in [4.78, 5) is 4.17. The van der Waals surface area contributed by atoms with E-state index in [9.17, 15) is 0 Å².